The zero-order valence-corrected chi connectivity index (χ0v) is 15.8. The highest BCUT2D eigenvalue weighted by Crippen LogP contribution is 2.25. The predicted molar refractivity (Wildman–Crippen MR) is 110 cm³/mol. The van der Waals surface area contributed by atoms with E-state index in [2.05, 4.69) is 33.9 Å². The highest BCUT2D eigenvalue weighted by atomic mass is 32.1. The second-order valence-corrected chi connectivity index (χ2v) is 7.76. The van der Waals surface area contributed by atoms with E-state index in [-0.39, 0.29) is 22.9 Å². The second kappa shape index (κ2) is 6.73. The minimum atomic E-state index is -0.305. The Morgan fingerprint density at radius 3 is 2.82 bits per heavy atom. The number of aromatic amines is 1. The highest BCUT2D eigenvalue weighted by molar-refractivity contribution is 7.08. The number of amides is 1. The van der Waals surface area contributed by atoms with Gasteiger partial charge in [0.15, 0.2) is 0 Å². The van der Waals surface area contributed by atoms with Crippen molar-refractivity contribution in [3.05, 3.63) is 81.4 Å². The lowest BCUT2D eigenvalue weighted by Gasteiger charge is -2.08. The largest absolute Gasteiger partial charge is 0.349 e. The SMILES string of the molecule is O=C(NC1CC1)c1cn(-c2cccc(-c3ccsc3)c2)c2[nH+]cccc2c1=O. The van der Waals surface area contributed by atoms with Gasteiger partial charge in [0.25, 0.3) is 11.6 Å². The molecule has 4 aromatic rings. The first-order valence-electron chi connectivity index (χ1n) is 9.20. The molecule has 0 unspecified atom stereocenters. The number of benzene rings is 1. The second-order valence-electron chi connectivity index (χ2n) is 6.98. The van der Waals surface area contributed by atoms with Crippen molar-refractivity contribution < 1.29 is 9.78 Å². The maximum absolute atomic E-state index is 12.9. The maximum atomic E-state index is 12.9. The average Bonchev–Trinajstić information content (AvgIpc) is 3.37. The quantitative estimate of drug-likeness (QED) is 0.582. The van der Waals surface area contributed by atoms with Gasteiger partial charge in [0.05, 0.1) is 6.20 Å². The van der Waals surface area contributed by atoms with Crippen molar-refractivity contribution in [1.29, 1.82) is 0 Å². The topological polar surface area (TPSA) is 65.2 Å². The van der Waals surface area contributed by atoms with Crippen LogP contribution in [0, 0.1) is 0 Å². The number of nitrogens with zero attached hydrogens (tertiary/aromatic N) is 1. The van der Waals surface area contributed by atoms with Crippen molar-refractivity contribution in [1.82, 2.24) is 9.88 Å². The fourth-order valence-electron chi connectivity index (χ4n) is 3.33. The molecule has 1 aromatic carbocycles. The van der Waals surface area contributed by atoms with Crippen molar-refractivity contribution in [2.75, 3.05) is 0 Å². The number of H-pyrrole nitrogens is 1. The van der Waals surface area contributed by atoms with Crippen LogP contribution in [0.25, 0.3) is 27.8 Å². The molecule has 0 saturated heterocycles. The molecule has 0 spiro atoms. The molecule has 5 rings (SSSR count). The third-order valence-corrected chi connectivity index (χ3v) is 5.64. The summed E-state index contributed by atoms with van der Waals surface area (Å²) in [5, 5.41) is 7.57. The Labute approximate surface area is 165 Å². The first kappa shape index (κ1) is 16.9. The van der Waals surface area contributed by atoms with E-state index >= 15 is 0 Å². The van der Waals surface area contributed by atoms with E-state index in [0.717, 1.165) is 29.7 Å². The molecular weight excluding hydrogens is 370 g/mol. The van der Waals surface area contributed by atoms with Crippen LogP contribution < -0.4 is 15.7 Å². The van der Waals surface area contributed by atoms with Gasteiger partial charge in [-0.05, 0) is 65.1 Å². The van der Waals surface area contributed by atoms with Crippen molar-refractivity contribution in [3.63, 3.8) is 0 Å². The summed E-state index contributed by atoms with van der Waals surface area (Å²) in [4.78, 5) is 28.7. The molecule has 138 valence electrons. The summed E-state index contributed by atoms with van der Waals surface area (Å²) in [6, 6.07) is 13.9. The van der Waals surface area contributed by atoms with E-state index in [1.165, 1.54) is 0 Å². The zero-order chi connectivity index (χ0) is 19.1. The van der Waals surface area contributed by atoms with Crippen LogP contribution in [0.2, 0.25) is 0 Å². The van der Waals surface area contributed by atoms with E-state index in [1.807, 2.05) is 22.1 Å². The Hall–Kier alpha value is -3.25. The van der Waals surface area contributed by atoms with E-state index in [9.17, 15) is 9.59 Å². The van der Waals surface area contributed by atoms with Gasteiger partial charge in [-0.1, -0.05) is 12.1 Å². The van der Waals surface area contributed by atoms with Crippen LogP contribution >= 0.6 is 11.3 Å². The molecule has 1 saturated carbocycles. The molecule has 3 aromatic heterocycles. The van der Waals surface area contributed by atoms with Gasteiger partial charge < -0.3 is 5.32 Å². The van der Waals surface area contributed by atoms with E-state index in [4.69, 9.17) is 0 Å². The van der Waals surface area contributed by atoms with Crippen LogP contribution in [-0.2, 0) is 0 Å². The number of pyridine rings is 2. The summed E-state index contributed by atoms with van der Waals surface area (Å²) in [6.45, 7) is 0. The fraction of sp³-hybridized carbons (Fsp3) is 0.136. The summed E-state index contributed by atoms with van der Waals surface area (Å²) >= 11 is 1.65. The number of fused-ring (bicyclic) bond motifs is 1. The Morgan fingerprint density at radius 2 is 2.04 bits per heavy atom. The highest BCUT2D eigenvalue weighted by Gasteiger charge is 2.27. The number of carbonyl (C=O) groups is 1. The molecule has 1 fully saturated rings. The molecule has 2 N–H and O–H groups in total. The minimum absolute atomic E-state index is 0.167. The van der Waals surface area contributed by atoms with Gasteiger partial charge in [0, 0.05) is 6.04 Å². The summed E-state index contributed by atoms with van der Waals surface area (Å²) in [6.07, 6.45) is 5.38. The van der Waals surface area contributed by atoms with Crippen LogP contribution in [0.3, 0.4) is 0 Å². The monoisotopic (exact) mass is 388 g/mol. The number of aromatic nitrogens is 2. The number of rotatable bonds is 4. The molecule has 1 aliphatic carbocycles. The van der Waals surface area contributed by atoms with Gasteiger partial charge in [0.1, 0.15) is 22.8 Å². The number of hydrogen-bond acceptors (Lipinski definition) is 3. The van der Waals surface area contributed by atoms with Crippen LogP contribution in [0.4, 0.5) is 0 Å². The number of hydrogen-bond donors (Lipinski definition) is 1. The fourth-order valence-corrected chi connectivity index (χ4v) is 3.99. The molecule has 0 atom stereocenters. The standard InChI is InChI=1S/C22H17N3O2S/c26-20-18-5-2-9-23-21(18)25(12-19(20)22(27)24-16-6-7-16)17-4-1-3-14(11-17)15-8-10-28-13-15/h1-5,8-13,16H,6-7H2,(H,24,27)/p+1. The lowest BCUT2D eigenvalue weighted by atomic mass is 10.1. The first-order chi connectivity index (χ1) is 13.7. The van der Waals surface area contributed by atoms with Crippen LogP contribution in [0.5, 0.6) is 0 Å². The van der Waals surface area contributed by atoms with Gasteiger partial charge >= 0.3 is 0 Å². The lowest BCUT2D eigenvalue weighted by Crippen LogP contribution is -2.32. The molecule has 3 heterocycles. The molecular formula is C22H18N3O2S+. The van der Waals surface area contributed by atoms with Crippen LogP contribution in [0.1, 0.15) is 23.2 Å². The Morgan fingerprint density at radius 1 is 1.14 bits per heavy atom. The predicted octanol–water partition coefficient (Wildman–Crippen LogP) is 3.43. The van der Waals surface area contributed by atoms with Crippen molar-refractivity contribution in [2.24, 2.45) is 0 Å². The van der Waals surface area contributed by atoms with Crippen molar-refractivity contribution in [3.8, 4) is 16.8 Å². The van der Waals surface area contributed by atoms with E-state index < -0.39 is 0 Å². The van der Waals surface area contributed by atoms with Gasteiger partial charge in [-0.2, -0.15) is 15.9 Å². The smallest absolute Gasteiger partial charge is 0.295 e. The zero-order valence-electron chi connectivity index (χ0n) is 15.0. The molecule has 1 amide bonds. The Balaban J connectivity index is 1.70. The minimum Gasteiger partial charge on any atom is -0.349 e. The first-order valence-corrected chi connectivity index (χ1v) is 10.1. The van der Waals surface area contributed by atoms with Crippen LogP contribution in [-0.4, -0.2) is 16.5 Å². The van der Waals surface area contributed by atoms with E-state index in [1.54, 1.807) is 35.9 Å². The molecule has 0 radical (unpaired) electrons. The molecule has 1 aliphatic rings. The van der Waals surface area contributed by atoms with Gasteiger partial charge in [-0.3, -0.25) is 9.59 Å². The third-order valence-electron chi connectivity index (χ3n) is 4.96. The van der Waals surface area contributed by atoms with E-state index in [0.29, 0.717) is 11.0 Å². The third kappa shape index (κ3) is 3.01. The molecule has 28 heavy (non-hydrogen) atoms. The lowest BCUT2D eigenvalue weighted by molar-refractivity contribution is -0.348. The average molecular weight is 388 g/mol. The van der Waals surface area contributed by atoms with Crippen molar-refractivity contribution in [2.45, 2.75) is 18.9 Å². The van der Waals surface area contributed by atoms with Gasteiger partial charge in [-0.15, -0.1) is 0 Å². The number of nitrogens with one attached hydrogen (secondary N) is 2. The summed E-state index contributed by atoms with van der Waals surface area (Å²) in [5.74, 6) is -0.305. The molecule has 5 nitrogen and oxygen atoms in total. The number of thiophene rings is 1. The summed E-state index contributed by atoms with van der Waals surface area (Å²) < 4.78 is 1.88. The molecule has 0 bridgehead atoms. The number of carbonyl (C=O) groups excluding carboxylic acids is 1. The molecule has 0 aliphatic heterocycles. The Kier molecular flexibility index (Phi) is 4.06. The van der Waals surface area contributed by atoms with Crippen molar-refractivity contribution >= 4 is 28.3 Å². The summed E-state index contributed by atoms with van der Waals surface area (Å²) in [7, 11) is 0. The summed E-state index contributed by atoms with van der Waals surface area (Å²) in [5.41, 5.74) is 3.70. The van der Waals surface area contributed by atoms with Gasteiger partial charge in [-0.25, -0.2) is 4.98 Å². The maximum Gasteiger partial charge on any atom is 0.295 e. The normalized spacial score (nSPS) is 13.6. The Bertz CT molecular complexity index is 1240. The van der Waals surface area contributed by atoms with Crippen LogP contribution in [0.15, 0.2) is 70.4 Å². The molecule has 6 heteroatoms. The van der Waals surface area contributed by atoms with Gasteiger partial charge in [0.2, 0.25) is 5.43 Å².